The summed E-state index contributed by atoms with van der Waals surface area (Å²) in [7, 11) is 0. The van der Waals surface area contributed by atoms with E-state index in [2.05, 4.69) is 16.0 Å². The van der Waals surface area contributed by atoms with E-state index in [0.717, 1.165) is 70.7 Å². The molecule has 0 bridgehead atoms. The Hall–Kier alpha value is -2.24. The minimum atomic E-state index is -5.08. The standard InChI is InChI=1S/C19H27N3O3.C2HF3O2/c23-18(22-8-3-4-9-22)13-24-17-6-10-25-19(11-17)14-21(15-19)12-16-5-1-2-7-20-16;3-2(4,5)1(6)7/h1-2,5,7,17H,3-4,6,8-15H2;(H,6,7). The minimum absolute atomic E-state index is 0.0889. The number of likely N-dealkylation sites (tertiary alicyclic amines) is 2. The Morgan fingerprint density at radius 2 is 1.94 bits per heavy atom. The van der Waals surface area contributed by atoms with Gasteiger partial charge in [-0.2, -0.15) is 13.2 Å². The molecule has 0 radical (unpaired) electrons. The highest BCUT2D eigenvalue weighted by molar-refractivity contribution is 5.77. The number of carboxylic acids is 1. The summed E-state index contributed by atoms with van der Waals surface area (Å²) in [4.78, 5) is 29.7. The topological polar surface area (TPSA) is 92.2 Å². The van der Waals surface area contributed by atoms with Crippen LogP contribution in [0.3, 0.4) is 0 Å². The van der Waals surface area contributed by atoms with Gasteiger partial charge in [-0.25, -0.2) is 4.79 Å². The van der Waals surface area contributed by atoms with Crippen LogP contribution in [-0.4, -0.2) is 89.0 Å². The van der Waals surface area contributed by atoms with Crippen LogP contribution in [-0.2, 0) is 25.6 Å². The average molecular weight is 459 g/mol. The van der Waals surface area contributed by atoms with Crippen LogP contribution >= 0.6 is 0 Å². The molecule has 0 saturated carbocycles. The predicted octanol–water partition coefficient (Wildman–Crippen LogP) is 2.09. The third-order valence-electron chi connectivity index (χ3n) is 5.73. The first-order valence-corrected chi connectivity index (χ1v) is 10.6. The van der Waals surface area contributed by atoms with Crippen LogP contribution in [0.5, 0.6) is 0 Å². The number of pyridine rings is 1. The fourth-order valence-electron chi connectivity index (χ4n) is 4.19. The van der Waals surface area contributed by atoms with E-state index in [-0.39, 0.29) is 24.2 Å². The Balaban J connectivity index is 0.000000360. The molecule has 1 spiro atoms. The zero-order chi connectivity index (χ0) is 23.2. The largest absolute Gasteiger partial charge is 0.490 e. The molecule has 1 aromatic heterocycles. The third kappa shape index (κ3) is 6.88. The summed E-state index contributed by atoms with van der Waals surface area (Å²) in [5.41, 5.74) is 1.01. The van der Waals surface area contributed by atoms with Gasteiger partial charge in [0.1, 0.15) is 6.61 Å². The molecule has 32 heavy (non-hydrogen) atoms. The summed E-state index contributed by atoms with van der Waals surface area (Å²) < 4.78 is 43.7. The second-order valence-electron chi connectivity index (χ2n) is 8.31. The molecule has 4 heterocycles. The number of carbonyl (C=O) groups excluding carboxylic acids is 1. The minimum Gasteiger partial charge on any atom is -0.475 e. The molecule has 0 aromatic carbocycles. The molecule has 1 aromatic rings. The molecule has 3 aliphatic rings. The summed E-state index contributed by atoms with van der Waals surface area (Å²) in [6.07, 6.45) is 0.908. The third-order valence-corrected chi connectivity index (χ3v) is 5.73. The van der Waals surface area contributed by atoms with Crippen molar-refractivity contribution in [3.8, 4) is 0 Å². The van der Waals surface area contributed by atoms with E-state index in [1.54, 1.807) is 0 Å². The molecule has 1 atom stereocenters. The SMILES string of the molecule is O=C(COC1CCOC2(C1)CN(Cc1ccccn1)C2)N1CCCC1.O=C(O)C(F)(F)F. The quantitative estimate of drug-likeness (QED) is 0.721. The highest BCUT2D eigenvalue weighted by atomic mass is 19.4. The number of nitrogens with zero attached hydrogens (tertiary/aromatic N) is 3. The monoisotopic (exact) mass is 459 g/mol. The number of hydrogen-bond acceptors (Lipinski definition) is 6. The second kappa shape index (κ2) is 10.6. The van der Waals surface area contributed by atoms with Crippen LogP contribution in [0.1, 0.15) is 31.4 Å². The molecule has 0 aliphatic carbocycles. The molecule has 3 aliphatic heterocycles. The molecule has 3 saturated heterocycles. The number of rotatable bonds is 5. The van der Waals surface area contributed by atoms with Gasteiger partial charge in [0.2, 0.25) is 5.91 Å². The van der Waals surface area contributed by atoms with Crippen LogP contribution in [0.15, 0.2) is 24.4 Å². The van der Waals surface area contributed by atoms with Crippen molar-refractivity contribution in [1.82, 2.24) is 14.8 Å². The Labute approximate surface area is 184 Å². The predicted molar refractivity (Wildman–Crippen MR) is 107 cm³/mol. The van der Waals surface area contributed by atoms with Crippen molar-refractivity contribution in [3.05, 3.63) is 30.1 Å². The van der Waals surface area contributed by atoms with Gasteiger partial charge in [-0.05, 0) is 31.4 Å². The van der Waals surface area contributed by atoms with E-state index in [1.807, 2.05) is 23.2 Å². The van der Waals surface area contributed by atoms with Crippen molar-refractivity contribution in [1.29, 1.82) is 0 Å². The molecule has 1 unspecified atom stereocenters. The van der Waals surface area contributed by atoms with E-state index >= 15 is 0 Å². The summed E-state index contributed by atoms with van der Waals surface area (Å²) in [5.74, 6) is -2.61. The maximum Gasteiger partial charge on any atom is 0.490 e. The average Bonchev–Trinajstić information content (AvgIpc) is 3.27. The Morgan fingerprint density at radius 3 is 2.53 bits per heavy atom. The van der Waals surface area contributed by atoms with E-state index in [4.69, 9.17) is 19.4 Å². The maximum absolute atomic E-state index is 12.1. The highest BCUT2D eigenvalue weighted by Crippen LogP contribution is 2.36. The lowest BCUT2D eigenvalue weighted by molar-refractivity contribution is -0.200. The van der Waals surface area contributed by atoms with Crippen LogP contribution < -0.4 is 0 Å². The summed E-state index contributed by atoms with van der Waals surface area (Å²) in [6.45, 7) is 5.43. The Kier molecular flexibility index (Phi) is 8.07. The number of aliphatic carboxylic acids is 1. The number of hydrogen-bond donors (Lipinski definition) is 1. The smallest absolute Gasteiger partial charge is 0.475 e. The van der Waals surface area contributed by atoms with Crippen molar-refractivity contribution < 1.29 is 37.3 Å². The van der Waals surface area contributed by atoms with E-state index < -0.39 is 12.1 Å². The number of carbonyl (C=O) groups is 2. The fraction of sp³-hybridized carbons (Fsp3) is 0.667. The molecule has 1 N–H and O–H groups in total. The van der Waals surface area contributed by atoms with E-state index in [1.165, 1.54) is 0 Å². The fourth-order valence-corrected chi connectivity index (χ4v) is 4.19. The Morgan fingerprint density at radius 1 is 1.25 bits per heavy atom. The molecular weight excluding hydrogens is 431 g/mol. The molecule has 178 valence electrons. The molecule has 1 amide bonds. The van der Waals surface area contributed by atoms with Crippen LogP contribution in [0.4, 0.5) is 13.2 Å². The molecule has 4 rings (SSSR count). The first-order chi connectivity index (χ1) is 15.2. The Bertz CT molecular complexity index is 766. The maximum atomic E-state index is 12.1. The molecule has 8 nitrogen and oxygen atoms in total. The van der Waals surface area contributed by atoms with Crippen LogP contribution in [0.2, 0.25) is 0 Å². The van der Waals surface area contributed by atoms with Gasteiger partial charge >= 0.3 is 12.1 Å². The molecule has 11 heteroatoms. The summed E-state index contributed by atoms with van der Waals surface area (Å²) >= 11 is 0. The summed E-state index contributed by atoms with van der Waals surface area (Å²) in [6, 6.07) is 6.02. The van der Waals surface area contributed by atoms with Gasteiger partial charge in [0.05, 0.1) is 17.4 Å². The first-order valence-electron chi connectivity index (χ1n) is 10.6. The van der Waals surface area contributed by atoms with Crippen molar-refractivity contribution in [2.45, 2.75) is 50.1 Å². The normalized spacial score (nSPS) is 22.7. The lowest BCUT2D eigenvalue weighted by Gasteiger charge is -2.53. The number of amides is 1. The van der Waals surface area contributed by atoms with E-state index in [0.29, 0.717) is 0 Å². The first kappa shape index (κ1) is 24.4. The number of ether oxygens (including phenoxy) is 2. The van der Waals surface area contributed by atoms with Crippen molar-refractivity contribution in [2.24, 2.45) is 0 Å². The van der Waals surface area contributed by atoms with Crippen molar-refractivity contribution >= 4 is 11.9 Å². The van der Waals surface area contributed by atoms with Gasteiger partial charge < -0.3 is 19.5 Å². The number of alkyl halides is 3. The van der Waals surface area contributed by atoms with E-state index in [9.17, 15) is 18.0 Å². The van der Waals surface area contributed by atoms with Gasteiger partial charge in [0.15, 0.2) is 0 Å². The number of halogens is 3. The molecule has 3 fully saturated rings. The van der Waals surface area contributed by atoms with Crippen LogP contribution in [0, 0.1) is 0 Å². The zero-order valence-corrected chi connectivity index (χ0v) is 17.7. The summed E-state index contributed by atoms with van der Waals surface area (Å²) in [5, 5.41) is 7.12. The lowest BCUT2D eigenvalue weighted by atomic mass is 9.84. The highest BCUT2D eigenvalue weighted by Gasteiger charge is 2.47. The number of carboxylic acid groups (broad SMARTS) is 1. The lowest BCUT2D eigenvalue weighted by Crippen LogP contribution is -2.65. The number of aromatic nitrogens is 1. The van der Waals surface area contributed by atoms with Crippen molar-refractivity contribution in [3.63, 3.8) is 0 Å². The second-order valence-corrected chi connectivity index (χ2v) is 8.31. The van der Waals surface area contributed by atoms with Crippen LogP contribution in [0.25, 0.3) is 0 Å². The zero-order valence-electron chi connectivity index (χ0n) is 17.7. The van der Waals surface area contributed by atoms with Crippen molar-refractivity contribution in [2.75, 3.05) is 39.4 Å². The molecular formula is C21H28F3N3O5. The van der Waals surface area contributed by atoms with Gasteiger partial charge in [0, 0.05) is 51.9 Å². The van der Waals surface area contributed by atoms with Gasteiger partial charge in [-0.15, -0.1) is 0 Å². The van der Waals surface area contributed by atoms with Gasteiger partial charge in [-0.3, -0.25) is 14.7 Å². The van der Waals surface area contributed by atoms with Gasteiger partial charge in [0.25, 0.3) is 0 Å². The van der Waals surface area contributed by atoms with Gasteiger partial charge in [-0.1, -0.05) is 6.07 Å².